The number of aromatic nitrogens is 2. The first-order valence-electron chi connectivity index (χ1n) is 5.58. The van der Waals surface area contributed by atoms with Crippen LogP contribution in [0.5, 0.6) is 5.75 Å². The summed E-state index contributed by atoms with van der Waals surface area (Å²) >= 11 is 9.30. The van der Waals surface area contributed by atoms with Gasteiger partial charge in [-0.25, -0.2) is 0 Å². The standard InChI is InChI=1S/C13H12BrClN2O2/c1-8-13(14)11(17(2)16-8)7-19-12-4-3-10(15)5-9(12)6-18/h3-6H,7H2,1-2H3. The minimum Gasteiger partial charge on any atom is -0.487 e. The molecule has 0 amide bonds. The van der Waals surface area contributed by atoms with Crippen molar-refractivity contribution in [3.8, 4) is 5.75 Å². The number of aryl methyl sites for hydroxylation is 2. The number of rotatable bonds is 4. The summed E-state index contributed by atoms with van der Waals surface area (Å²) in [4.78, 5) is 11.0. The molecule has 0 saturated carbocycles. The first kappa shape index (κ1) is 14.1. The molecule has 100 valence electrons. The zero-order chi connectivity index (χ0) is 14.0. The molecule has 0 aliphatic heterocycles. The van der Waals surface area contributed by atoms with Crippen LogP contribution >= 0.6 is 27.5 Å². The number of nitrogens with zero attached hydrogens (tertiary/aromatic N) is 2. The highest BCUT2D eigenvalue weighted by Gasteiger charge is 2.12. The molecule has 0 radical (unpaired) electrons. The van der Waals surface area contributed by atoms with Gasteiger partial charge in [0.1, 0.15) is 12.4 Å². The van der Waals surface area contributed by atoms with E-state index in [0.29, 0.717) is 22.9 Å². The predicted octanol–water partition coefficient (Wildman–Crippen LogP) is 3.54. The van der Waals surface area contributed by atoms with Crippen LogP contribution in [0.1, 0.15) is 21.7 Å². The van der Waals surface area contributed by atoms with Crippen molar-refractivity contribution in [3.05, 3.63) is 44.6 Å². The Morgan fingerprint density at radius 3 is 2.84 bits per heavy atom. The Bertz CT molecular complexity index is 625. The van der Waals surface area contributed by atoms with Gasteiger partial charge >= 0.3 is 0 Å². The van der Waals surface area contributed by atoms with Gasteiger partial charge in [-0.2, -0.15) is 5.10 Å². The van der Waals surface area contributed by atoms with Crippen LogP contribution in [-0.4, -0.2) is 16.1 Å². The summed E-state index contributed by atoms with van der Waals surface area (Å²) in [6.45, 7) is 2.23. The molecule has 1 aromatic carbocycles. The lowest BCUT2D eigenvalue weighted by Gasteiger charge is -2.09. The van der Waals surface area contributed by atoms with Crippen LogP contribution in [0, 0.1) is 6.92 Å². The fourth-order valence-corrected chi connectivity index (χ4v) is 2.36. The molecule has 0 aliphatic carbocycles. The van der Waals surface area contributed by atoms with Crippen molar-refractivity contribution in [2.45, 2.75) is 13.5 Å². The van der Waals surface area contributed by atoms with E-state index in [1.807, 2.05) is 14.0 Å². The molecule has 1 heterocycles. The first-order valence-corrected chi connectivity index (χ1v) is 6.75. The van der Waals surface area contributed by atoms with Crippen molar-refractivity contribution in [1.82, 2.24) is 9.78 Å². The Kier molecular flexibility index (Phi) is 4.27. The molecule has 4 nitrogen and oxygen atoms in total. The van der Waals surface area contributed by atoms with Crippen molar-refractivity contribution < 1.29 is 9.53 Å². The summed E-state index contributed by atoms with van der Waals surface area (Å²) in [5, 5.41) is 4.79. The van der Waals surface area contributed by atoms with E-state index in [2.05, 4.69) is 21.0 Å². The van der Waals surface area contributed by atoms with Crippen LogP contribution in [0.15, 0.2) is 22.7 Å². The fraction of sp³-hybridized carbons (Fsp3) is 0.231. The van der Waals surface area contributed by atoms with E-state index in [-0.39, 0.29) is 0 Å². The predicted molar refractivity (Wildman–Crippen MR) is 76.8 cm³/mol. The Balaban J connectivity index is 2.21. The lowest BCUT2D eigenvalue weighted by atomic mass is 10.2. The Hall–Kier alpha value is -1.33. The smallest absolute Gasteiger partial charge is 0.153 e. The van der Waals surface area contributed by atoms with Crippen LogP contribution in [0.3, 0.4) is 0 Å². The van der Waals surface area contributed by atoms with E-state index in [9.17, 15) is 4.79 Å². The van der Waals surface area contributed by atoms with Crippen LogP contribution in [0.4, 0.5) is 0 Å². The first-order chi connectivity index (χ1) is 9.02. The number of carbonyl (C=O) groups excluding carboxylic acids is 1. The average Bonchev–Trinajstić information content (AvgIpc) is 2.62. The zero-order valence-corrected chi connectivity index (χ0v) is 12.8. The molecule has 1 aromatic heterocycles. The molecule has 0 aliphatic rings. The lowest BCUT2D eigenvalue weighted by molar-refractivity contribution is 0.111. The average molecular weight is 344 g/mol. The molecule has 0 fully saturated rings. The second-order valence-corrected chi connectivity index (χ2v) is 5.29. The van der Waals surface area contributed by atoms with E-state index < -0.39 is 0 Å². The van der Waals surface area contributed by atoms with Crippen molar-refractivity contribution in [2.24, 2.45) is 7.05 Å². The quantitative estimate of drug-likeness (QED) is 0.798. The van der Waals surface area contributed by atoms with Gasteiger partial charge in [-0.15, -0.1) is 0 Å². The number of halogens is 2. The highest BCUT2D eigenvalue weighted by atomic mass is 79.9. The van der Waals surface area contributed by atoms with E-state index in [4.69, 9.17) is 16.3 Å². The lowest BCUT2D eigenvalue weighted by Crippen LogP contribution is -2.04. The summed E-state index contributed by atoms with van der Waals surface area (Å²) in [7, 11) is 1.85. The summed E-state index contributed by atoms with van der Waals surface area (Å²) in [5.41, 5.74) is 2.24. The molecule has 2 aromatic rings. The maximum Gasteiger partial charge on any atom is 0.153 e. The topological polar surface area (TPSA) is 44.1 Å². The summed E-state index contributed by atoms with van der Waals surface area (Å²) in [6.07, 6.45) is 0.727. The second kappa shape index (κ2) is 5.75. The van der Waals surface area contributed by atoms with Gasteiger partial charge in [0.15, 0.2) is 6.29 Å². The van der Waals surface area contributed by atoms with Gasteiger partial charge in [0, 0.05) is 12.1 Å². The van der Waals surface area contributed by atoms with Crippen LogP contribution in [0.25, 0.3) is 0 Å². The van der Waals surface area contributed by atoms with Crippen LogP contribution in [0.2, 0.25) is 5.02 Å². The van der Waals surface area contributed by atoms with Gasteiger partial charge in [0.2, 0.25) is 0 Å². The Labute approximate surface area is 124 Å². The molecule has 0 atom stereocenters. The second-order valence-electron chi connectivity index (χ2n) is 4.06. The number of carbonyl (C=O) groups is 1. The molecular weight excluding hydrogens is 332 g/mol. The van der Waals surface area contributed by atoms with Crippen molar-refractivity contribution in [3.63, 3.8) is 0 Å². The van der Waals surface area contributed by atoms with Gasteiger partial charge in [-0.3, -0.25) is 9.48 Å². The third kappa shape index (κ3) is 2.98. The highest BCUT2D eigenvalue weighted by molar-refractivity contribution is 9.10. The van der Waals surface area contributed by atoms with Gasteiger partial charge in [0.25, 0.3) is 0 Å². The van der Waals surface area contributed by atoms with Crippen molar-refractivity contribution >= 4 is 33.8 Å². The van der Waals surface area contributed by atoms with Gasteiger partial charge in [-0.05, 0) is 41.1 Å². The van der Waals surface area contributed by atoms with E-state index in [1.165, 1.54) is 0 Å². The molecular formula is C13H12BrClN2O2. The molecule has 2 rings (SSSR count). The third-order valence-electron chi connectivity index (χ3n) is 2.72. The summed E-state index contributed by atoms with van der Waals surface area (Å²) < 4.78 is 8.32. The maximum absolute atomic E-state index is 11.0. The van der Waals surface area contributed by atoms with Gasteiger partial charge in [-0.1, -0.05) is 11.6 Å². The molecule has 6 heteroatoms. The fourth-order valence-electron chi connectivity index (χ4n) is 1.73. The van der Waals surface area contributed by atoms with Crippen molar-refractivity contribution in [2.75, 3.05) is 0 Å². The van der Waals surface area contributed by atoms with Gasteiger partial charge < -0.3 is 4.74 Å². The zero-order valence-electron chi connectivity index (χ0n) is 10.5. The number of ether oxygens (including phenoxy) is 1. The minimum atomic E-state index is 0.320. The minimum absolute atomic E-state index is 0.320. The van der Waals surface area contributed by atoms with Gasteiger partial charge in [0.05, 0.1) is 21.4 Å². The number of benzene rings is 1. The highest BCUT2D eigenvalue weighted by Crippen LogP contribution is 2.25. The molecule has 0 saturated heterocycles. The number of hydrogen-bond acceptors (Lipinski definition) is 3. The number of hydrogen-bond donors (Lipinski definition) is 0. The third-order valence-corrected chi connectivity index (χ3v) is 3.99. The molecule has 0 bridgehead atoms. The molecule has 19 heavy (non-hydrogen) atoms. The van der Waals surface area contributed by atoms with Crippen LogP contribution < -0.4 is 4.74 Å². The van der Waals surface area contributed by atoms with Crippen molar-refractivity contribution in [1.29, 1.82) is 0 Å². The Morgan fingerprint density at radius 1 is 1.53 bits per heavy atom. The largest absolute Gasteiger partial charge is 0.487 e. The maximum atomic E-state index is 11.0. The summed E-state index contributed by atoms with van der Waals surface area (Å²) in [6, 6.07) is 4.95. The Morgan fingerprint density at radius 2 is 2.26 bits per heavy atom. The SMILES string of the molecule is Cc1nn(C)c(COc2ccc(Cl)cc2C=O)c1Br. The normalized spacial score (nSPS) is 10.5. The van der Waals surface area contributed by atoms with Crippen LogP contribution in [-0.2, 0) is 13.7 Å². The molecule has 0 spiro atoms. The molecule has 0 N–H and O–H groups in total. The van der Waals surface area contributed by atoms with E-state index in [0.717, 1.165) is 22.1 Å². The summed E-state index contributed by atoms with van der Waals surface area (Å²) in [5.74, 6) is 0.505. The monoisotopic (exact) mass is 342 g/mol. The van der Waals surface area contributed by atoms with E-state index in [1.54, 1.807) is 22.9 Å². The number of aldehydes is 1. The van der Waals surface area contributed by atoms with E-state index >= 15 is 0 Å². The molecule has 0 unspecified atom stereocenters.